The minimum Gasteiger partial charge on any atom is -0.493 e. The third kappa shape index (κ3) is 6.80. The summed E-state index contributed by atoms with van der Waals surface area (Å²) in [6, 6.07) is 10.7. The number of piperidine rings is 1. The average Bonchev–Trinajstić information content (AvgIpc) is 2.73. The number of hydrogen-bond donors (Lipinski definition) is 1. The highest BCUT2D eigenvalue weighted by atomic mass is 32.2. The van der Waals surface area contributed by atoms with Crippen LogP contribution < -0.4 is 9.46 Å². The molecule has 0 bridgehead atoms. The summed E-state index contributed by atoms with van der Waals surface area (Å²) in [5.41, 5.74) is 1.26. The molecule has 3 rings (SSSR count). The standard InChI is InChI=1S/C22H31N3O3S/c1-18(2)17-28-21-3-5-22(6-4-21)29(26,27)24-15-19-9-13-25(14-10-19)16-20-7-11-23-12-8-20/h3-8,11-12,18-19,24H,9-10,13-17H2,1-2H3. The molecule has 2 aromatic rings. The number of aromatic nitrogens is 1. The molecule has 0 radical (unpaired) electrons. The molecule has 1 N–H and O–H groups in total. The highest BCUT2D eigenvalue weighted by Crippen LogP contribution is 2.20. The molecule has 0 atom stereocenters. The predicted molar refractivity (Wildman–Crippen MR) is 114 cm³/mol. The molecule has 0 saturated carbocycles. The minimum atomic E-state index is -3.50. The van der Waals surface area contributed by atoms with E-state index in [0.717, 1.165) is 32.5 Å². The summed E-state index contributed by atoms with van der Waals surface area (Å²) >= 11 is 0. The average molecular weight is 418 g/mol. The van der Waals surface area contributed by atoms with Crippen LogP contribution in [0.4, 0.5) is 0 Å². The van der Waals surface area contributed by atoms with Gasteiger partial charge in [0.15, 0.2) is 0 Å². The van der Waals surface area contributed by atoms with Crippen molar-refractivity contribution in [2.45, 2.75) is 38.1 Å². The number of pyridine rings is 1. The quantitative estimate of drug-likeness (QED) is 0.678. The van der Waals surface area contributed by atoms with Gasteiger partial charge in [0, 0.05) is 25.5 Å². The Kier molecular flexibility index (Phi) is 7.64. The summed E-state index contributed by atoms with van der Waals surface area (Å²) < 4.78 is 33.6. The lowest BCUT2D eigenvalue weighted by Crippen LogP contribution is -2.38. The van der Waals surface area contributed by atoms with Gasteiger partial charge in [0.25, 0.3) is 0 Å². The van der Waals surface area contributed by atoms with Crippen molar-refractivity contribution in [3.63, 3.8) is 0 Å². The van der Waals surface area contributed by atoms with Gasteiger partial charge < -0.3 is 4.74 Å². The lowest BCUT2D eigenvalue weighted by molar-refractivity contribution is 0.178. The van der Waals surface area contributed by atoms with Crippen LogP contribution in [-0.4, -0.2) is 44.5 Å². The first-order valence-corrected chi connectivity index (χ1v) is 11.7. The molecule has 0 amide bonds. The van der Waals surface area contributed by atoms with Crippen molar-refractivity contribution in [3.05, 3.63) is 54.4 Å². The number of benzene rings is 1. The minimum absolute atomic E-state index is 0.282. The summed E-state index contributed by atoms with van der Waals surface area (Å²) in [6.45, 7) is 8.14. The first-order valence-electron chi connectivity index (χ1n) is 10.3. The first-order chi connectivity index (χ1) is 13.9. The topological polar surface area (TPSA) is 71.5 Å². The van der Waals surface area contributed by atoms with E-state index in [2.05, 4.69) is 28.5 Å². The van der Waals surface area contributed by atoms with Crippen molar-refractivity contribution in [1.29, 1.82) is 0 Å². The summed E-state index contributed by atoms with van der Waals surface area (Å²) in [5.74, 6) is 1.49. The molecule has 1 aliphatic rings. The molecule has 1 aliphatic heterocycles. The zero-order valence-electron chi connectivity index (χ0n) is 17.3. The smallest absolute Gasteiger partial charge is 0.240 e. The number of rotatable bonds is 9. The number of nitrogens with one attached hydrogen (secondary N) is 1. The van der Waals surface area contributed by atoms with Crippen LogP contribution >= 0.6 is 0 Å². The predicted octanol–water partition coefficient (Wildman–Crippen LogP) is 3.31. The molecule has 0 spiro atoms. The molecule has 29 heavy (non-hydrogen) atoms. The van der Waals surface area contributed by atoms with Crippen LogP contribution in [0.1, 0.15) is 32.3 Å². The van der Waals surface area contributed by atoms with Gasteiger partial charge in [0.1, 0.15) is 5.75 Å². The van der Waals surface area contributed by atoms with Crippen LogP contribution in [0.25, 0.3) is 0 Å². The van der Waals surface area contributed by atoms with Crippen LogP contribution in [0.3, 0.4) is 0 Å². The first kappa shape index (κ1) is 21.7. The largest absolute Gasteiger partial charge is 0.493 e. The Bertz CT molecular complexity index is 847. The number of hydrogen-bond acceptors (Lipinski definition) is 5. The number of sulfonamides is 1. The maximum absolute atomic E-state index is 12.6. The molecule has 1 aromatic carbocycles. The van der Waals surface area contributed by atoms with E-state index < -0.39 is 10.0 Å². The Hall–Kier alpha value is -1.96. The van der Waals surface area contributed by atoms with Crippen LogP contribution in [0, 0.1) is 11.8 Å². The Morgan fingerprint density at radius 3 is 2.38 bits per heavy atom. The fourth-order valence-corrected chi connectivity index (χ4v) is 4.50. The van der Waals surface area contributed by atoms with Gasteiger partial charge >= 0.3 is 0 Å². The van der Waals surface area contributed by atoms with E-state index in [-0.39, 0.29) is 4.90 Å². The molecule has 0 aliphatic carbocycles. The Morgan fingerprint density at radius 2 is 1.76 bits per heavy atom. The normalized spacial score (nSPS) is 16.2. The van der Waals surface area contributed by atoms with Crippen molar-refractivity contribution < 1.29 is 13.2 Å². The molecule has 7 heteroatoms. The second kappa shape index (κ2) is 10.2. The molecule has 2 heterocycles. The van der Waals surface area contributed by atoms with Gasteiger partial charge in [-0.25, -0.2) is 13.1 Å². The summed E-state index contributed by atoms with van der Waals surface area (Å²) in [5, 5.41) is 0. The van der Waals surface area contributed by atoms with Crippen molar-refractivity contribution >= 4 is 10.0 Å². The molecular formula is C22H31N3O3S. The van der Waals surface area contributed by atoms with Crippen molar-refractivity contribution in [2.75, 3.05) is 26.2 Å². The molecule has 1 aromatic heterocycles. The van der Waals surface area contributed by atoms with Crippen LogP contribution in [-0.2, 0) is 16.6 Å². The van der Waals surface area contributed by atoms with Crippen LogP contribution in [0.15, 0.2) is 53.7 Å². The van der Waals surface area contributed by atoms with Gasteiger partial charge in [-0.2, -0.15) is 0 Å². The second-order valence-electron chi connectivity index (χ2n) is 8.10. The van der Waals surface area contributed by atoms with E-state index in [1.54, 1.807) is 24.3 Å². The molecule has 1 fully saturated rings. The van der Waals surface area contributed by atoms with E-state index >= 15 is 0 Å². The lowest BCUT2D eigenvalue weighted by Gasteiger charge is -2.32. The second-order valence-corrected chi connectivity index (χ2v) is 9.87. The van der Waals surface area contributed by atoms with Gasteiger partial charge in [-0.05, 0) is 79.7 Å². The molecule has 1 saturated heterocycles. The van der Waals surface area contributed by atoms with Crippen molar-refractivity contribution in [3.8, 4) is 5.75 Å². The van der Waals surface area contributed by atoms with E-state index in [1.807, 2.05) is 24.5 Å². The fourth-order valence-electron chi connectivity index (χ4n) is 3.38. The van der Waals surface area contributed by atoms with Crippen LogP contribution in [0.5, 0.6) is 5.75 Å². The Morgan fingerprint density at radius 1 is 1.10 bits per heavy atom. The van der Waals surface area contributed by atoms with Crippen molar-refractivity contribution in [2.24, 2.45) is 11.8 Å². The van der Waals surface area contributed by atoms with Crippen LogP contribution in [0.2, 0.25) is 0 Å². The molecule has 6 nitrogen and oxygen atoms in total. The molecule has 0 unspecified atom stereocenters. The molecule has 158 valence electrons. The van der Waals surface area contributed by atoms with E-state index in [9.17, 15) is 8.42 Å². The number of likely N-dealkylation sites (tertiary alicyclic amines) is 1. The Labute approximate surface area is 174 Å². The highest BCUT2D eigenvalue weighted by Gasteiger charge is 2.22. The summed E-state index contributed by atoms with van der Waals surface area (Å²) in [7, 11) is -3.50. The highest BCUT2D eigenvalue weighted by molar-refractivity contribution is 7.89. The summed E-state index contributed by atoms with van der Waals surface area (Å²) in [4.78, 5) is 6.75. The summed E-state index contributed by atoms with van der Waals surface area (Å²) in [6.07, 6.45) is 5.63. The zero-order valence-corrected chi connectivity index (χ0v) is 18.1. The number of ether oxygens (including phenoxy) is 1. The van der Waals surface area contributed by atoms with Gasteiger partial charge in [0.05, 0.1) is 11.5 Å². The third-order valence-electron chi connectivity index (χ3n) is 5.14. The van der Waals surface area contributed by atoms with Gasteiger partial charge in [-0.15, -0.1) is 0 Å². The lowest BCUT2D eigenvalue weighted by atomic mass is 9.97. The van der Waals surface area contributed by atoms with Crippen molar-refractivity contribution in [1.82, 2.24) is 14.6 Å². The van der Waals surface area contributed by atoms with E-state index in [4.69, 9.17) is 4.74 Å². The fraction of sp³-hybridized carbons (Fsp3) is 0.500. The third-order valence-corrected chi connectivity index (χ3v) is 6.58. The van der Waals surface area contributed by atoms with Gasteiger partial charge in [-0.1, -0.05) is 13.8 Å². The van der Waals surface area contributed by atoms with Gasteiger partial charge in [-0.3, -0.25) is 9.88 Å². The maximum atomic E-state index is 12.6. The monoisotopic (exact) mass is 417 g/mol. The molecular weight excluding hydrogens is 386 g/mol. The SMILES string of the molecule is CC(C)COc1ccc(S(=O)(=O)NCC2CCN(Cc3ccncc3)CC2)cc1. The van der Waals surface area contributed by atoms with E-state index in [1.165, 1.54) is 5.56 Å². The van der Waals surface area contributed by atoms with E-state index in [0.29, 0.717) is 30.7 Å². The van der Waals surface area contributed by atoms with Gasteiger partial charge in [0.2, 0.25) is 10.0 Å². The number of nitrogens with zero attached hydrogens (tertiary/aromatic N) is 2. The maximum Gasteiger partial charge on any atom is 0.240 e. The Balaban J connectivity index is 1.44. The zero-order chi connectivity index (χ0) is 20.7.